The van der Waals surface area contributed by atoms with Crippen molar-refractivity contribution in [1.29, 1.82) is 0 Å². The Morgan fingerprint density at radius 2 is 0.500 bits per heavy atom. The van der Waals surface area contributed by atoms with Gasteiger partial charge in [-0.05, 0) is 151 Å². The highest BCUT2D eigenvalue weighted by Crippen LogP contribution is 2.27. The van der Waals surface area contributed by atoms with E-state index in [1.54, 1.807) is 72.8 Å². The molecular weight excluding hydrogens is 647 g/mol. The topological polar surface area (TPSA) is 135 Å². The van der Waals surface area contributed by atoms with Crippen LogP contribution in [0, 0.1) is 41.5 Å². The summed E-state index contributed by atoms with van der Waals surface area (Å²) < 4.78 is 0. The molecule has 52 heavy (non-hydrogen) atoms. The van der Waals surface area contributed by atoms with Crippen LogP contribution in [0.5, 0.6) is 17.2 Å². The average Bonchev–Trinajstić information content (AvgIpc) is 3.10. The van der Waals surface area contributed by atoms with Gasteiger partial charge in [0.1, 0.15) is 17.2 Å². The van der Waals surface area contributed by atoms with Gasteiger partial charge >= 0.3 is 0 Å². The smallest absolute Gasteiger partial charge is 0.243 e. The zero-order valence-corrected chi connectivity index (χ0v) is 30.0. The van der Waals surface area contributed by atoms with Crippen molar-refractivity contribution in [1.82, 2.24) is 0 Å². The van der Waals surface area contributed by atoms with Gasteiger partial charge in [0.05, 0.1) is 34.1 Å². The number of benzene rings is 6. The molecule has 0 unspecified atom stereocenters. The summed E-state index contributed by atoms with van der Waals surface area (Å²) in [7, 11) is 0. The first-order chi connectivity index (χ1) is 24.9. The van der Waals surface area contributed by atoms with Crippen LogP contribution in [0.4, 0.5) is 34.1 Å². The van der Waals surface area contributed by atoms with Crippen LogP contribution in [-0.4, -0.2) is 22.0 Å². The third kappa shape index (κ3) is 8.13. The van der Waals surface area contributed by atoms with Crippen LogP contribution in [0.3, 0.4) is 0 Å². The van der Waals surface area contributed by atoms with Crippen LogP contribution in [0.25, 0.3) is 0 Å². The molecule has 0 radical (unpaired) electrons. The molecule has 0 aliphatic rings. The minimum Gasteiger partial charge on any atom is -0.508 e. The fourth-order valence-electron chi connectivity index (χ4n) is 6.73. The first kappa shape index (κ1) is 35.4. The lowest BCUT2D eigenvalue weighted by Gasteiger charge is -2.27. The van der Waals surface area contributed by atoms with Gasteiger partial charge in [-0.1, -0.05) is 49.8 Å². The molecule has 6 aromatic rings. The van der Waals surface area contributed by atoms with E-state index in [1.807, 2.05) is 0 Å². The van der Waals surface area contributed by atoms with Gasteiger partial charge in [0.25, 0.3) is 0 Å². The fraction of sp³-hybridized carbons (Fsp3) is 0.143. The number of aryl methyl sites for hydroxylation is 6. The van der Waals surface area contributed by atoms with E-state index in [0.717, 1.165) is 50.4 Å². The Kier molecular flexibility index (Phi) is 10.4. The molecule has 6 rings (SSSR count). The van der Waals surface area contributed by atoms with E-state index in [0.29, 0.717) is 17.1 Å². The maximum absolute atomic E-state index is 9.65. The van der Waals surface area contributed by atoms with Crippen LogP contribution in [-0.2, 0) is 0 Å². The summed E-state index contributed by atoms with van der Waals surface area (Å²) in [4.78, 5) is 0. The van der Waals surface area contributed by atoms with Crippen molar-refractivity contribution in [3.05, 3.63) is 143 Å². The van der Waals surface area contributed by atoms with Crippen LogP contribution >= 0.6 is 0 Å². The van der Waals surface area contributed by atoms with Gasteiger partial charge in [-0.25, -0.2) is 0 Å². The number of aromatic hydroxyl groups is 3. The van der Waals surface area contributed by atoms with E-state index in [1.165, 1.54) is 16.4 Å². The third-order valence-corrected chi connectivity index (χ3v) is 8.99. The lowest BCUT2D eigenvalue weighted by atomic mass is 9.33. The maximum atomic E-state index is 9.65. The summed E-state index contributed by atoms with van der Waals surface area (Å²) in [6.07, 6.45) is 0. The van der Waals surface area contributed by atoms with E-state index < -0.39 is 0 Å². The van der Waals surface area contributed by atoms with Crippen LogP contribution in [0.15, 0.2) is 140 Å². The number of azo groups is 3. The predicted molar refractivity (Wildman–Crippen MR) is 209 cm³/mol. The Balaban J connectivity index is 1.45. The van der Waals surface area contributed by atoms with Gasteiger partial charge in [-0.2, -0.15) is 30.7 Å². The number of rotatable bonds is 9. The van der Waals surface area contributed by atoms with E-state index >= 15 is 0 Å². The van der Waals surface area contributed by atoms with Crippen molar-refractivity contribution in [3.8, 4) is 17.2 Å². The van der Waals surface area contributed by atoms with E-state index in [9.17, 15) is 15.3 Å². The third-order valence-electron chi connectivity index (χ3n) is 8.99. The van der Waals surface area contributed by atoms with Crippen LogP contribution < -0.4 is 16.4 Å². The molecule has 0 amide bonds. The van der Waals surface area contributed by atoms with E-state index in [-0.39, 0.29) is 24.0 Å². The molecule has 9 nitrogen and oxygen atoms in total. The maximum Gasteiger partial charge on any atom is 0.243 e. The van der Waals surface area contributed by atoms with Crippen molar-refractivity contribution in [2.24, 2.45) is 30.7 Å². The number of hydrogen-bond acceptors (Lipinski definition) is 9. The molecule has 0 aliphatic heterocycles. The van der Waals surface area contributed by atoms with Crippen molar-refractivity contribution >= 4 is 57.2 Å². The highest BCUT2D eigenvalue weighted by molar-refractivity contribution is 6.97. The predicted octanol–water partition coefficient (Wildman–Crippen LogP) is 10.4. The second kappa shape index (κ2) is 15.2. The molecule has 0 spiro atoms. The standard InChI is InChI=1S/C42H39BN6O3/c1-25-19-34(47-44-31-7-13-37(50)14-8-31)20-26(2)40(25)43(41-27(3)21-35(22-28(41)4)48-45-32-9-15-38(51)16-10-32)42-29(5)23-36(24-30(42)6)49-46-33-11-17-39(52)18-12-33/h7-24,50-52H,1-6H3. The summed E-state index contributed by atoms with van der Waals surface area (Å²) in [5, 5.41) is 55.8. The monoisotopic (exact) mass is 686 g/mol. The van der Waals surface area contributed by atoms with Crippen molar-refractivity contribution < 1.29 is 15.3 Å². The molecule has 6 aromatic carbocycles. The Bertz CT molecular complexity index is 2000. The second-order valence-electron chi connectivity index (χ2n) is 13.1. The summed E-state index contributed by atoms with van der Waals surface area (Å²) in [5.74, 6) is 0.539. The Labute approximate surface area is 303 Å². The highest BCUT2D eigenvalue weighted by Gasteiger charge is 2.31. The molecule has 10 heteroatoms. The molecule has 0 aromatic heterocycles. The number of phenols is 3. The first-order valence-electron chi connectivity index (χ1n) is 16.9. The van der Waals surface area contributed by atoms with Crippen molar-refractivity contribution in [2.45, 2.75) is 41.5 Å². The molecule has 0 saturated carbocycles. The molecule has 0 aliphatic carbocycles. The minimum absolute atomic E-state index is 0.130. The van der Waals surface area contributed by atoms with Crippen LogP contribution in [0.1, 0.15) is 33.4 Å². The van der Waals surface area contributed by atoms with E-state index in [4.69, 9.17) is 0 Å². The number of hydrogen-bond donors (Lipinski definition) is 3. The van der Waals surface area contributed by atoms with Gasteiger partial charge in [0, 0.05) is 0 Å². The summed E-state index contributed by atoms with van der Waals surface area (Å²) in [6.45, 7) is 12.6. The molecule has 0 bridgehead atoms. The summed E-state index contributed by atoms with van der Waals surface area (Å²) in [5.41, 5.74) is 14.2. The Morgan fingerprint density at radius 1 is 0.308 bits per heavy atom. The molecule has 0 fully saturated rings. The molecular formula is C42H39BN6O3. The van der Waals surface area contributed by atoms with Crippen molar-refractivity contribution in [3.63, 3.8) is 0 Å². The normalized spacial score (nSPS) is 11.7. The molecule has 0 saturated heterocycles. The largest absolute Gasteiger partial charge is 0.508 e. The molecule has 258 valence electrons. The summed E-state index contributed by atoms with van der Waals surface area (Å²) >= 11 is 0. The zero-order valence-electron chi connectivity index (χ0n) is 30.0. The van der Waals surface area contributed by atoms with E-state index in [2.05, 4.69) is 109 Å². The van der Waals surface area contributed by atoms with Gasteiger partial charge in [-0.3, -0.25) is 0 Å². The fourth-order valence-corrected chi connectivity index (χ4v) is 6.73. The molecule has 0 heterocycles. The quantitative estimate of drug-likeness (QED) is 0.103. The van der Waals surface area contributed by atoms with Gasteiger partial charge in [0.2, 0.25) is 6.71 Å². The van der Waals surface area contributed by atoms with Gasteiger partial charge in [0.15, 0.2) is 0 Å². The molecule has 0 atom stereocenters. The Hall–Kier alpha value is -6.42. The lowest BCUT2D eigenvalue weighted by molar-refractivity contribution is 0.475. The number of phenolic OH excluding ortho intramolecular Hbond substituents is 3. The van der Waals surface area contributed by atoms with Gasteiger partial charge < -0.3 is 15.3 Å². The average molecular weight is 687 g/mol. The SMILES string of the molecule is Cc1cc(N=Nc2ccc(O)cc2)cc(C)c1B(c1c(C)cc(N=Nc2ccc(O)cc2)cc1C)c1c(C)cc(N=Nc2ccc(O)cc2)cc1C. The lowest BCUT2D eigenvalue weighted by Crippen LogP contribution is -2.57. The zero-order chi connectivity index (χ0) is 36.9. The molecule has 3 N–H and O–H groups in total. The van der Waals surface area contributed by atoms with Gasteiger partial charge in [-0.15, -0.1) is 0 Å². The minimum atomic E-state index is -0.130. The van der Waals surface area contributed by atoms with Crippen molar-refractivity contribution in [2.75, 3.05) is 0 Å². The number of nitrogens with zero attached hydrogens (tertiary/aromatic N) is 6. The van der Waals surface area contributed by atoms with Crippen LogP contribution in [0.2, 0.25) is 0 Å². The summed E-state index contributed by atoms with van der Waals surface area (Å²) in [6, 6.07) is 32.3. The Morgan fingerprint density at radius 3 is 0.712 bits per heavy atom. The highest BCUT2D eigenvalue weighted by atomic mass is 16.3. The second-order valence-corrected chi connectivity index (χ2v) is 13.1. The first-order valence-corrected chi connectivity index (χ1v) is 16.9.